The Labute approximate surface area is 133 Å². The number of anilines is 1. The number of hydrazone groups is 1. The van der Waals surface area contributed by atoms with Crippen LogP contribution in [-0.4, -0.2) is 28.9 Å². The number of hydrogen-bond donors (Lipinski definition) is 2. The third kappa shape index (κ3) is 2.70. The Bertz CT molecular complexity index is 852. The zero-order valence-electron chi connectivity index (χ0n) is 12.7. The first kappa shape index (κ1) is 13.6. The van der Waals surface area contributed by atoms with Crippen LogP contribution < -0.4 is 14.9 Å². The summed E-state index contributed by atoms with van der Waals surface area (Å²) in [6.07, 6.45) is 0. The molecule has 4 rings (SSSR count). The first-order valence-corrected chi connectivity index (χ1v) is 7.45. The van der Waals surface area contributed by atoms with Gasteiger partial charge in [0.05, 0.1) is 16.7 Å². The first-order valence-electron chi connectivity index (χ1n) is 7.45. The average Bonchev–Trinajstić information content (AvgIpc) is 3.02. The molecule has 6 heteroatoms. The van der Waals surface area contributed by atoms with Gasteiger partial charge in [0.25, 0.3) is 0 Å². The Morgan fingerprint density at radius 3 is 2.83 bits per heavy atom. The van der Waals surface area contributed by atoms with E-state index in [1.807, 2.05) is 49.4 Å². The molecule has 2 N–H and O–H groups in total. The van der Waals surface area contributed by atoms with Gasteiger partial charge in [-0.2, -0.15) is 5.10 Å². The average molecular weight is 308 g/mol. The number of imidazole rings is 1. The van der Waals surface area contributed by atoms with Crippen molar-refractivity contribution >= 4 is 22.7 Å². The van der Waals surface area contributed by atoms with E-state index < -0.39 is 0 Å². The van der Waals surface area contributed by atoms with E-state index in [1.165, 1.54) is 0 Å². The molecular weight excluding hydrogens is 292 g/mol. The molecule has 0 spiro atoms. The van der Waals surface area contributed by atoms with Gasteiger partial charge in [0.2, 0.25) is 5.95 Å². The second kappa shape index (κ2) is 5.64. The van der Waals surface area contributed by atoms with Crippen LogP contribution in [0, 0.1) is 0 Å². The molecule has 0 radical (unpaired) electrons. The number of hydrogen-bond acceptors (Lipinski definition) is 5. The van der Waals surface area contributed by atoms with Crippen LogP contribution in [0.25, 0.3) is 11.0 Å². The molecule has 1 aliphatic heterocycles. The Morgan fingerprint density at radius 1 is 1.13 bits per heavy atom. The second-order valence-corrected chi connectivity index (χ2v) is 5.27. The van der Waals surface area contributed by atoms with Gasteiger partial charge in [-0.1, -0.05) is 12.1 Å². The van der Waals surface area contributed by atoms with Crippen LogP contribution in [0.2, 0.25) is 0 Å². The molecule has 0 fully saturated rings. The van der Waals surface area contributed by atoms with Gasteiger partial charge in [-0.3, -0.25) is 0 Å². The number of rotatable bonds is 3. The first-order chi connectivity index (χ1) is 11.3. The van der Waals surface area contributed by atoms with E-state index in [0.717, 1.165) is 33.8 Å². The summed E-state index contributed by atoms with van der Waals surface area (Å²) in [7, 11) is 0. The summed E-state index contributed by atoms with van der Waals surface area (Å²) in [4.78, 5) is 7.61. The topological polar surface area (TPSA) is 71.5 Å². The van der Waals surface area contributed by atoms with Crippen LogP contribution in [0.4, 0.5) is 5.95 Å². The molecule has 0 atom stereocenters. The Hall–Kier alpha value is -3.02. The largest absolute Gasteiger partial charge is 0.486 e. The molecule has 23 heavy (non-hydrogen) atoms. The number of H-pyrrole nitrogens is 1. The highest BCUT2D eigenvalue weighted by Crippen LogP contribution is 2.30. The molecule has 0 aliphatic carbocycles. The molecular formula is C17H16N4O2. The Balaban J connectivity index is 1.56. The van der Waals surface area contributed by atoms with E-state index in [9.17, 15) is 0 Å². The van der Waals surface area contributed by atoms with Crippen molar-refractivity contribution in [2.45, 2.75) is 6.92 Å². The minimum atomic E-state index is 0.573. The number of ether oxygens (including phenoxy) is 2. The van der Waals surface area contributed by atoms with Gasteiger partial charge in [0.15, 0.2) is 11.5 Å². The van der Waals surface area contributed by atoms with Crippen LogP contribution in [0.1, 0.15) is 12.5 Å². The lowest BCUT2D eigenvalue weighted by Gasteiger charge is -2.18. The van der Waals surface area contributed by atoms with E-state index in [-0.39, 0.29) is 0 Å². The van der Waals surface area contributed by atoms with Crippen molar-refractivity contribution in [3.8, 4) is 11.5 Å². The molecule has 2 aromatic carbocycles. The standard InChI is InChI=1S/C17H16N4O2/c1-11(12-6-7-15-16(10-12)23-9-8-22-15)20-21-17-18-13-4-2-3-5-14(13)19-17/h2-7,10H,8-9H2,1H3,(H2,18,19,21). The lowest BCUT2D eigenvalue weighted by atomic mass is 10.1. The maximum atomic E-state index is 5.60. The number of nitrogens with zero attached hydrogens (tertiary/aromatic N) is 2. The number of fused-ring (bicyclic) bond motifs is 2. The van der Waals surface area contributed by atoms with E-state index in [0.29, 0.717) is 19.2 Å². The number of aromatic nitrogens is 2. The maximum Gasteiger partial charge on any atom is 0.222 e. The van der Waals surface area contributed by atoms with Crippen LogP contribution in [0.3, 0.4) is 0 Å². The molecule has 0 amide bonds. The summed E-state index contributed by atoms with van der Waals surface area (Å²) >= 11 is 0. The van der Waals surface area contributed by atoms with Crippen LogP contribution in [-0.2, 0) is 0 Å². The van der Waals surface area contributed by atoms with E-state index in [4.69, 9.17) is 9.47 Å². The smallest absolute Gasteiger partial charge is 0.222 e. The molecule has 1 aromatic heterocycles. The van der Waals surface area contributed by atoms with Crippen molar-refractivity contribution < 1.29 is 9.47 Å². The molecule has 3 aromatic rings. The molecule has 0 bridgehead atoms. The summed E-state index contributed by atoms with van der Waals surface area (Å²) < 4.78 is 11.1. The normalized spacial score (nSPS) is 14.0. The van der Waals surface area contributed by atoms with Gasteiger partial charge in [-0.05, 0) is 37.3 Å². The fraction of sp³-hybridized carbons (Fsp3) is 0.176. The number of aromatic amines is 1. The van der Waals surface area contributed by atoms with Crippen molar-refractivity contribution in [1.82, 2.24) is 9.97 Å². The quantitative estimate of drug-likeness (QED) is 0.576. The van der Waals surface area contributed by atoms with Gasteiger partial charge in [0.1, 0.15) is 13.2 Å². The summed E-state index contributed by atoms with van der Waals surface area (Å²) in [5.74, 6) is 2.15. The van der Waals surface area contributed by atoms with E-state index >= 15 is 0 Å². The number of nitrogens with one attached hydrogen (secondary N) is 2. The minimum Gasteiger partial charge on any atom is -0.486 e. The van der Waals surface area contributed by atoms with Crippen molar-refractivity contribution in [1.29, 1.82) is 0 Å². The zero-order chi connectivity index (χ0) is 15.6. The van der Waals surface area contributed by atoms with Gasteiger partial charge >= 0.3 is 0 Å². The predicted molar refractivity (Wildman–Crippen MR) is 89.4 cm³/mol. The van der Waals surface area contributed by atoms with Crippen molar-refractivity contribution in [3.63, 3.8) is 0 Å². The van der Waals surface area contributed by atoms with Gasteiger partial charge in [0, 0.05) is 5.56 Å². The van der Waals surface area contributed by atoms with Gasteiger partial charge in [-0.25, -0.2) is 10.4 Å². The lowest BCUT2D eigenvalue weighted by molar-refractivity contribution is 0.171. The highest BCUT2D eigenvalue weighted by Gasteiger charge is 2.12. The van der Waals surface area contributed by atoms with Crippen molar-refractivity contribution in [2.75, 3.05) is 18.6 Å². The molecule has 0 unspecified atom stereocenters. The maximum absolute atomic E-state index is 5.60. The molecule has 116 valence electrons. The van der Waals surface area contributed by atoms with Gasteiger partial charge < -0.3 is 14.5 Å². The molecule has 0 saturated carbocycles. The Kier molecular flexibility index (Phi) is 3.34. The van der Waals surface area contributed by atoms with Crippen molar-refractivity contribution in [3.05, 3.63) is 48.0 Å². The number of benzene rings is 2. The molecule has 0 saturated heterocycles. The summed E-state index contributed by atoms with van der Waals surface area (Å²) in [6.45, 7) is 3.10. The number of para-hydroxylation sites is 2. The molecule has 1 aliphatic rings. The van der Waals surface area contributed by atoms with Gasteiger partial charge in [-0.15, -0.1) is 0 Å². The molecule has 2 heterocycles. The summed E-state index contributed by atoms with van der Waals surface area (Å²) in [6, 6.07) is 13.7. The van der Waals surface area contributed by atoms with Crippen molar-refractivity contribution in [2.24, 2.45) is 5.10 Å². The van der Waals surface area contributed by atoms with E-state index in [1.54, 1.807) is 0 Å². The van der Waals surface area contributed by atoms with E-state index in [2.05, 4.69) is 20.5 Å². The van der Waals surface area contributed by atoms with Crippen LogP contribution in [0.15, 0.2) is 47.6 Å². The highest BCUT2D eigenvalue weighted by molar-refractivity contribution is 5.99. The predicted octanol–water partition coefficient (Wildman–Crippen LogP) is 3.17. The SMILES string of the molecule is CC(=NNc1nc2ccccc2[nH]1)c1ccc2c(c1)OCCO2. The van der Waals surface area contributed by atoms with Crippen LogP contribution >= 0.6 is 0 Å². The second-order valence-electron chi connectivity index (χ2n) is 5.27. The Morgan fingerprint density at radius 2 is 1.96 bits per heavy atom. The fourth-order valence-electron chi connectivity index (χ4n) is 2.48. The highest BCUT2D eigenvalue weighted by atomic mass is 16.6. The third-order valence-electron chi connectivity index (χ3n) is 3.68. The zero-order valence-corrected chi connectivity index (χ0v) is 12.7. The fourth-order valence-corrected chi connectivity index (χ4v) is 2.48. The minimum absolute atomic E-state index is 0.573. The lowest BCUT2D eigenvalue weighted by Crippen LogP contribution is -2.15. The molecule has 6 nitrogen and oxygen atoms in total. The monoisotopic (exact) mass is 308 g/mol. The summed E-state index contributed by atoms with van der Waals surface area (Å²) in [5.41, 5.74) is 6.65. The van der Waals surface area contributed by atoms with Crippen LogP contribution in [0.5, 0.6) is 11.5 Å². The summed E-state index contributed by atoms with van der Waals surface area (Å²) in [5, 5.41) is 4.39. The third-order valence-corrected chi connectivity index (χ3v) is 3.68.